The number of hydrogen-bond acceptors (Lipinski definition) is 4. The Morgan fingerprint density at radius 2 is 1.79 bits per heavy atom. The number of carbonyl (C=O) groups is 1. The lowest BCUT2D eigenvalue weighted by Crippen LogP contribution is -2.27. The average molecular weight is 405 g/mol. The van der Waals surface area contributed by atoms with Gasteiger partial charge in [0.05, 0.1) is 0 Å². The lowest BCUT2D eigenvalue weighted by Gasteiger charge is -2.13. The van der Waals surface area contributed by atoms with Gasteiger partial charge < -0.3 is 14.8 Å². The molecule has 28 heavy (non-hydrogen) atoms. The molecule has 1 amide bonds. The van der Waals surface area contributed by atoms with Crippen LogP contribution in [0.2, 0.25) is 0 Å². The number of rotatable bonds is 7. The van der Waals surface area contributed by atoms with Crippen LogP contribution in [0.5, 0.6) is 0 Å². The molecule has 1 aliphatic rings. The Labute approximate surface area is 167 Å². The molecule has 0 unspecified atom stereocenters. The molecule has 1 fully saturated rings. The van der Waals surface area contributed by atoms with Gasteiger partial charge >= 0.3 is 0 Å². The van der Waals surface area contributed by atoms with Gasteiger partial charge in [0.2, 0.25) is 10.0 Å². The van der Waals surface area contributed by atoms with E-state index in [1.807, 2.05) is 38.4 Å². The first-order valence-electron chi connectivity index (χ1n) is 9.49. The Hall–Kier alpha value is -2.16. The summed E-state index contributed by atoms with van der Waals surface area (Å²) in [6.07, 6.45) is 4.21. The maximum Gasteiger partial charge on any atom is 0.272 e. The summed E-state index contributed by atoms with van der Waals surface area (Å²) >= 11 is 0. The van der Waals surface area contributed by atoms with Gasteiger partial charge in [-0.1, -0.05) is 12.1 Å². The summed E-state index contributed by atoms with van der Waals surface area (Å²) in [6, 6.07) is 9.18. The molecule has 1 N–H and O–H groups in total. The van der Waals surface area contributed by atoms with Crippen LogP contribution in [-0.2, 0) is 23.5 Å². The number of carbonyl (C=O) groups excluding carboxylic acids is 1. The van der Waals surface area contributed by atoms with Crippen LogP contribution >= 0.6 is 0 Å². The van der Waals surface area contributed by atoms with Crippen LogP contribution in [0.25, 0.3) is 0 Å². The second kappa shape index (κ2) is 8.46. The molecule has 2 heterocycles. The van der Waals surface area contributed by atoms with Crippen LogP contribution in [0.4, 0.5) is 5.69 Å². The molecule has 1 aliphatic heterocycles. The Kier molecular flexibility index (Phi) is 6.22. The predicted molar refractivity (Wildman–Crippen MR) is 110 cm³/mol. The number of benzene rings is 1. The molecular formula is C20H28N4O3S. The van der Waals surface area contributed by atoms with E-state index in [0.29, 0.717) is 24.5 Å². The molecule has 2 aromatic rings. The number of nitrogens with one attached hydrogen (secondary N) is 1. The van der Waals surface area contributed by atoms with E-state index >= 15 is 0 Å². The lowest BCUT2D eigenvalue weighted by molar-refractivity contribution is 0.101. The summed E-state index contributed by atoms with van der Waals surface area (Å²) < 4.78 is 28.5. The van der Waals surface area contributed by atoms with Crippen molar-refractivity contribution in [2.45, 2.75) is 24.2 Å². The molecule has 7 nitrogen and oxygen atoms in total. The third-order valence-corrected chi connectivity index (χ3v) is 6.84. The molecule has 152 valence electrons. The van der Waals surface area contributed by atoms with Gasteiger partial charge in [-0.05, 0) is 57.1 Å². The molecule has 0 atom stereocenters. The zero-order chi connectivity index (χ0) is 20.3. The number of likely N-dealkylation sites (N-methyl/N-ethyl adjacent to an activating group) is 1. The molecule has 8 heteroatoms. The largest absolute Gasteiger partial charge is 0.345 e. The van der Waals surface area contributed by atoms with Gasteiger partial charge in [-0.25, -0.2) is 8.42 Å². The van der Waals surface area contributed by atoms with Gasteiger partial charge in [-0.3, -0.25) is 4.79 Å². The van der Waals surface area contributed by atoms with Crippen LogP contribution in [0.3, 0.4) is 0 Å². The molecule has 0 bridgehead atoms. The Morgan fingerprint density at radius 1 is 1.14 bits per heavy atom. The highest BCUT2D eigenvalue weighted by Gasteiger charge is 2.29. The van der Waals surface area contributed by atoms with Crippen LogP contribution in [0.1, 0.15) is 28.9 Å². The standard InChI is InChI=1S/C20H28N4O3S/c1-22(2)13-10-16-6-8-17(9-7-16)21-20(25)19-14-18(15-23(19)3)28(26,27)24-11-4-5-12-24/h6-9,14-15H,4-5,10-13H2,1-3H3,(H,21,25). The fourth-order valence-electron chi connectivity index (χ4n) is 3.28. The molecule has 1 aromatic heterocycles. The number of nitrogens with zero attached hydrogens (tertiary/aromatic N) is 3. The van der Waals surface area contributed by atoms with Gasteiger partial charge in [-0.2, -0.15) is 4.31 Å². The molecular weight excluding hydrogens is 376 g/mol. The summed E-state index contributed by atoms with van der Waals surface area (Å²) in [4.78, 5) is 14.9. The smallest absolute Gasteiger partial charge is 0.272 e. The minimum atomic E-state index is -3.54. The van der Waals surface area contributed by atoms with Crippen molar-refractivity contribution in [3.8, 4) is 0 Å². The van der Waals surface area contributed by atoms with Crippen molar-refractivity contribution in [3.05, 3.63) is 47.8 Å². The summed E-state index contributed by atoms with van der Waals surface area (Å²) in [5.74, 6) is -0.327. The fraction of sp³-hybridized carbons (Fsp3) is 0.450. The summed E-state index contributed by atoms with van der Waals surface area (Å²) in [6.45, 7) is 2.04. The molecule has 1 saturated heterocycles. The number of anilines is 1. The van der Waals surface area contributed by atoms with Crippen LogP contribution < -0.4 is 5.32 Å². The normalized spacial score (nSPS) is 15.3. The van der Waals surface area contributed by atoms with E-state index in [0.717, 1.165) is 25.8 Å². The first-order chi connectivity index (χ1) is 13.3. The lowest BCUT2D eigenvalue weighted by atomic mass is 10.1. The molecule has 3 rings (SSSR count). The quantitative estimate of drug-likeness (QED) is 0.767. The fourth-order valence-corrected chi connectivity index (χ4v) is 4.87. The van der Waals surface area contributed by atoms with E-state index in [1.54, 1.807) is 11.6 Å². The third-order valence-electron chi connectivity index (χ3n) is 4.97. The highest BCUT2D eigenvalue weighted by Crippen LogP contribution is 2.23. The SMILES string of the molecule is CN(C)CCc1ccc(NC(=O)c2cc(S(=O)(=O)N3CCCC3)cn2C)cc1. The van der Waals surface area contributed by atoms with Gasteiger partial charge in [-0.15, -0.1) is 0 Å². The van der Waals surface area contributed by atoms with E-state index in [1.165, 1.54) is 22.1 Å². The number of hydrogen-bond donors (Lipinski definition) is 1. The first-order valence-corrected chi connectivity index (χ1v) is 10.9. The van der Waals surface area contributed by atoms with E-state index in [-0.39, 0.29) is 10.8 Å². The van der Waals surface area contributed by atoms with Crippen molar-refractivity contribution in [1.82, 2.24) is 13.8 Å². The zero-order valence-corrected chi connectivity index (χ0v) is 17.5. The van der Waals surface area contributed by atoms with Crippen molar-refractivity contribution in [2.24, 2.45) is 7.05 Å². The highest BCUT2D eigenvalue weighted by atomic mass is 32.2. The Morgan fingerprint density at radius 3 is 2.39 bits per heavy atom. The van der Waals surface area contributed by atoms with E-state index < -0.39 is 10.0 Å². The van der Waals surface area contributed by atoms with Crippen molar-refractivity contribution >= 4 is 21.6 Å². The van der Waals surface area contributed by atoms with Gasteiger partial charge in [0.1, 0.15) is 10.6 Å². The monoisotopic (exact) mass is 404 g/mol. The topological polar surface area (TPSA) is 74.7 Å². The predicted octanol–water partition coefficient (Wildman–Crippen LogP) is 2.17. The average Bonchev–Trinajstić information content (AvgIpc) is 3.31. The molecule has 0 saturated carbocycles. The third kappa shape index (κ3) is 4.63. The van der Waals surface area contributed by atoms with Gasteiger partial charge in [0, 0.05) is 38.6 Å². The maximum absolute atomic E-state index is 12.7. The number of aromatic nitrogens is 1. The van der Waals surface area contributed by atoms with Crippen LogP contribution in [-0.4, -0.2) is 61.8 Å². The minimum absolute atomic E-state index is 0.168. The second-order valence-electron chi connectivity index (χ2n) is 7.49. The van der Waals surface area contributed by atoms with Gasteiger partial charge in [0.15, 0.2) is 0 Å². The number of aryl methyl sites for hydroxylation is 1. The second-order valence-corrected chi connectivity index (χ2v) is 9.43. The van der Waals surface area contributed by atoms with Crippen molar-refractivity contribution in [2.75, 3.05) is 39.0 Å². The first kappa shape index (κ1) is 20.6. The van der Waals surface area contributed by atoms with E-state index in [2.05, 4.69) is 10.2 Å². The minimum Gasteiger partial charge on any atom is -0.345 e. The summed E-state index contributed by atoms with van der Waals surface area (Å²) in [5.41, 5.74) is 2.20. The van der Waals surface area contributed by atoms with Crippen molar-refractivity contribution in [3.63, 3.8) is 0 Å². The van der Waals surface area contributed by atoms with Crippen molar-refractivity contribution < 1.29 is 13.2 Å². The Balaban J connectivity index is 1.70. The van der Waals surface area contributed by atoms with E-state index in [4.69, 9.17) is 0 Å². The number of amides is 1. The summed E-state index contributed by atoms with van der Waals surface area (Å²) in [5, 5.41) is 2.85. The van der Waals surface area contributed by atoms with Gasteiger partial charge in [0.25, 0.3) is 5.91 Å². The zero-order valence-electron chi connectivity index (χ0n) is 16.7. The highest BCUT2D eigenvalue weighted by molar-refractivity contribution is 7.89. The number of sulfonamides is 1. The molecule has 0 radical (unpaired) electrons. The summed E-state index contributed by atoms with van der Waals surface area (Å²) in [7, 11) is 2.21. The molecule has 1 aromatic carbocycles. The molecule has 0 aliphatic carbocycles. The molecule has 0 spiro atoms. The maximum atomic E-state index is 12.7. The van der Waals surface area contributed by atoms with E-state index in [9.17, 15) is 13.2 Å². The van der Waals surface area contributed by atoms with Crippen LogP contribution in [0, 0.1) is 0 Å². The van der Waals surface area contributed by atoms with Crippen LogP contribution in [0.15, 0.2) is 41.4 Å². The Bertz CT molecular complexity index is 927. The van der Waals surface area contributed by atoms with Crippen molar-refractivity contribution in [1.29, 1.82) is 0 Å².